The third kappa shape index (κ3) is 4.01. The summed E-state index contributed by atoms with van der Waals surface area (Å²) < 4.78 is 29.0. The normalized spacial score (nSPS) is 10.8. The van der Waals surface area contributed by atoms with E-state index in [2.05, 4.69) is 25.8 Å². The monoisotopic (exact) mass is 423 g/mol. The standard InChI is InChI=1S/C20H15F2N7O2/c21-15-2-1-3-16(17(15)22)29-19(26-27-28-29)14-8-13(10-24-18(14)23)12-6-4-11(5-7-12)9-25-20(30)31/h1-8,10,25H,9H2,(H2,23,24)(H,30,31). The topological polar surface area (TPSA) is 132 Å². The minimum atomic E-state index is -1.11. The Labute approximate surface area is 174 Å². The van der Waals surface area contributed by atoms with Crippen LogP contribution in [0.15, 0.2) is 54.7 Å². The highest BCUT2D eigenvalue weighted by molar-refractivity contribution is 5.76. The van der Waals surface area contributed by atoms with E-state index in [9.17, 15) is 13.6 Å². The van der Waals surface area contributed by atoms with Crippen molar-refractivity contribution in [3.8, 4) is 28.2 Å². The molecule has 0 unspecified atom stereocenters. The van der Waals surface area contributed by atoms with Crippen LogP contribution in [0.2, 0.25) is 0 Å². The Balaban J connectivity index is 1.71. The summed E-state index contributed by atoms with van der Waals surface area (Å²) in [6.45, 7) is 0.175. The molecule has 0 radical (unpaired) electrons. The molecular formula is C20H15F2N7O2. The second-order valence-corrected chi connectivity index (χ2v) is 6.50. The number of rotatable bonds is 5. The minimum absolute atomic E-state index is 0.0960. The lowest BCUT2D eigenvalue weighted by molar-refractivity contribution is 0.194. The van der Waals surface area contributed by atoms with E-state index < -0.39 is 17.7 Å². The fraction of sp³-hybridized carbons (Fsp3) is 0.0500. The van der Waals surface area contributed by atoms with Crippen LogP contribution in [0.4, 0.5) is 19.4 Å². The van der Waals surface area contributed by atoms with Crippen LogP contribution in [0.1, 0.15) is 5.56 Å². The molecule has 4 rings (SSSR count). The molecule has 9 nitrogen and oxygen atoms in total. The van der Waals surface area contributed by atoms with Crippen molar-refractivity contribution in [2.24, 2.45) is 0 Å². The van der Waals surface area contributed by atoms with Gasteiger partial charge in [-0.15, -0.1) is 5.10 Å². The highest BCUT2D eigenvalue weighted by atomic mass is 19.2. The van der Waals surface area contributed by atoms with Gasteiger partial charge in [-0.2, -0.15) is 4.68 Å². The Kier molecular flexibility index (Phi) is 5.22. The second kappa shape index (κ2) is 8.14. The molecule has 1 amide bonds. The lowest BCUT2D eigenvalue weighted by Gasteiger charge is -2.10. The number of nitrogens with two attached hydrogens (primary N) is 1. The molecule has 0 aliphatic rings. The van der Waals surface area contributed by atoms with Gasteiger partial charge in [0.05, 0.1) is 5.56 Å². The van der Waals surface area contributed by atoms with Crippen molar-refractivity contribution in [2.45, 2.75) is 6.54 Å². The van der Waals surface area contributed by atoms with E-state index in [-0.39, 0.29) is 23.9 Å². The predicted molar refractivity (Wildman–Crippen MR) is 107 cm³/mol. The van der Waals surface area contributed by atoms with Crippen LogP contribution in [-0.4, -0.2) is 36.4 Å². The van der Waals surface area contributed by atoms with E-state index in [1.54, 1.807) is 36.5 Å². The van der Waals surface area contributed by atoms with Gasteiger partial charge in [-0.25, -0.2) is 18.6 Å². The number of nitrogens with one attached hydrogen (secondary N) is 1. The number of tetrazole rings is 1. The highest BCUT2D eigenvalue weighted by Crippen LogP contribution is 2.30. The number of aromatic nitrogens is 5. The first kappa shape index (κ1) is 19.9. The predicted octanol–water partition coefficient (Wildman–Crippen LogP) is 3.02. The van der Waals surface area contributed by atoms with E-state index >= 15 is 0 Å². The molecule has 0 aliphatic heterocycles. The molecule has 31 heavy (non-hydrogen) atoms. The molecule has 2 aromatic carbocycles. The third-order valence-corrected chi connectivity index (χ3v) is 4.52. The number of nitrogens with zero attached hydrogens (tertiary/aromatic N) is 5. The maximum atomic E-state index is 14.3. The Morgan fingerprint density at radius 1 is 1.13 bits per heavy atom. The van der Waals surface area contributed by atoms with Crippen LogP contribution in [0.25, 0.3) is 28.2 Å². The molecule has 156 valence electrons. The average molecular weight is 423 g/mol. The van der Waals surface area contributed by atoms with Crippen molar-refractivity contribution in [1.82, 2.24) is 30.5 Å². The molecule has 0 bridgehead atoms. The van der Waals surface area contributed by atoms with Crippen LogP contribution >= 0.6 is 0 Å². The summed E-state index contributed by atoms with van der Waals surface area (Å²) in [5, 5.41) is 22.2. The molecule has 0 saturated carbocycles. The fourth-order valence-corrected chi connectivity index (χ4v) is 2.98. The van der Waals surface area contributed by atoms with Gasteiger partial charge in [0.15, 0.2) is 17.5 Å². The lowest BCUT2D eigenvalue weighted by Crippen LogP contribution is -2.19. The fourth-order valence-electron chi connectivity index (χ4n) is 2.98. The minimum Gasteiger partial charge on any atom is -0.465 e. The molecule has 0 spiro atoms. The Bertz CT molecular complexity index is 1260. The van der Waals surface area contributed by atoms with Crippen LogP contribution in [0.5, 0.6) is 0 Å². The first-order valence-electron chi connectivity index (χ1n) is 8.99. The number of carbonyl (C=O) groups is 1. The van der Waals surface area contributed by atoms with Crippen LogP contribution in [0.3, 0.4) is 0 Å². The van der Waals surface area contributed by atoms with Gasteiger partial charge in [0.2, 0.25) is 0 Å². The van der Waals surface area contributed by atoms with Gasteiger partial charge in [0.1, 0.15) is 11.5 Å². The van der Waals surface area contributed by atoms with Crippen molar-refractivity contribution in [3.63, 3.8) is 0 Å². The van der Waals surface area contributed by atoms with Gasteiger partial charge in [-0.1, -0.05) is 30.3 Å². The van der Waals surface area contributed by atoms with Crippen molar-refractivity contribution in [1.29, 1.82) is 0 Å². The van der Waals surface area contributed by atoms with Crippen molar-refractivity contribution < 1.29 is 18.7 Å². The zero-order valence-corrected chi connectivity index (χ0v) is 15.8. The molecule has 2 heterocycles. The van der Waals surface area contributed by atoms with E-state index in [0.717, 1.165) is 21.9 Å². The summed E-state index contributed by atoms with van der Waals surface area (Å²) in [7, 11) is 0. The maximum Gasteiger partial charge on any atom is 0.404 e. The van der Waals surface area contributed by atoms with Gasteiger partial charge >= 0.3 is 6.09 Å². The van der Waals surface area contributed by atoms with Crippen molar-refractivity contribution in [2.75, 3.05) is 5.73 Å². The number of carboxylic acid groups (broad SMARTS) is 1. The largest absolute Gasteiger partial charge is 0.465 e. The summed E-state index contributed by atoms with van der Waals surface area (Å²) in [6, 6.07) is 12.5. The molecule has 0 atom stereocenters. The molecule has 4 N–H and O–H groups in total. The average Bonchev–Trinajstić information content (AvgIpc) is 3.24. The van der Waals surface area contributed by atoms with Crippen LogP contribution in [-0.2, 0) is 6.54 Å². The molecule has 2 aromatic heterocycles. The van der Waals surface area contributed by atoms with E-state index in [1.807, 2.05) is 0 Å². The summed E-state index contributed by atoms with van der Waals surface area (Å²) in [6.07, 6.45) is 0.448. The summed E-state index contributed by atoms with van der Waals surface area (Å²) in [5.41, 5.74) is 8.42. The first-order valence-corrected chi connectivity index (χ1v) is 8.99. The number of nitrogen functional groups attached to an aromatic ring is 1. The second-order valence-electron chi connectivity index (χ2n) is 6.50. The quantitative estimate of drug-likeness (QED) is 0.449. The molecule has 0 saturated heterocycles. The maximum absolute atomic E-state index is 14.3. The number of halogens is 2. The van der Waals surface area contributed by atoms with Crippen molar-refractivity contribution in [3.05, 3.63) is 71.9 Å². The highest BCUT2D eigenvalue weighted by Gasteiger charge is 2.19. The SMILES string of the molecule is Nc1ncc(-c2ccc(CNC(=O)O)cc2)cc1-c1nnnn1-c1cccc(F)c1F. The summed E-state index contributed by atoms with van der Waals surface area (Å²) in [5.74, 6) is -1.92. The Morgan fingerprint density at radius 3 is 2.65 bits per heavy atom. The summed E-state index contributed by atoms with van der Waals surface area (Å²) >= 11 is 0. The van der Waals surface area contributed by atoms with Crippen LogP contribution < -0.4 is 11.1 Å². The molecular weight excluding hydrogens is 408 g/mol. The molecule has 11 heteroatoms. The first-order chi connectivity index (χ1) is 14.9. The number of benzene rings is 2. The van der Waals surface area contributed by atoms with Crippen LogP contribution in [0, 0.1) is 11.6 Å². The smallest absolute Gasteiger partial charge is 0.404 e. The number of amides is 1. The Hall–Kier alpha value is -4.41. The van der Waals surface area contributed by atoms with E-state index in [1.165, 1.54) is 12.1 Å². The van der Waals surface area contributed by atoms with Gasteiger partial charge in [-0.3, -0.25) is 0 Å². The van der Waals surface area contributed by atoms with Gasteiger partial charge in [-0.05, 0) is 39.8 Å². The third-order valence-electron chi connectivity index (χ3n) is 4.52. The van der Waals surface area contributed by atoms with E-state index in [0.29, 0.717) is 11.1 Å². The number of hydrogen-bond acceptors (Lipinski definition) is 6. The van der Waals surface area contributed by atoms with E-state index in [4.69, 9.17) is 10.8 Å². The van der Waals surface area contributed by atoms with Crippen molar-refractivity contribution >= 4 is 11.9 Å². The summed E-state index contributed by atoms with van der Waals surface area (Å²) in [4.78, 5) is 14.8. The zero-order chi connectivity index (χ0) is 22.0. The zero-order valence-electron chi connectivity index (χ0n) is 15.8. The molecule has 0 aliphatic carbocycles. The Morgan fingerprint density at radius 2 is 1.90 bits per heavy atom. The lowest BCUT2D eigenvalue weighted by atomic mass is 10.0. The van der Waals surface area contributed by atoms with Gasteiger partial charge in [0.25, 0.3) is 0 Å². The molecule has 4 aromatic rings. The molecule has 0 fully saturated rings. The van der Waals surface area contributed by atoms with Gasteiger partial charge in [0, 0.05) is 18.3 Å². The number of hydrogen-bond donors (Lipinski definition) is 3. The number of anilines is 1. The number of pyridine rings is 1. The van der Waals surface area contributed by atoms with Gasteiger partial charge < -0.3 is 16.2 Å².